The molecule has 0 aromatic heterocycles. The first kappa shape index (κ1) is 15.6. The van der Waals surface area contributed by atoms with Crippen LogP contribution in [0.2, 0.25) is 0 Å². The Kier molecular flexibility index (Phi) is 3.41. The van der Waals surface area contributed by atoms with E-state index in [1.807, 2.05) is 26.0 Å². The molecule has 1 heterocycles. The van der Waals surface area contributed by atoms with Gasteiger partial charge in [-0.15, -0.1) is 0 Å². The van der Waals surface area contributed by atoms with Crippen LogP contribution < -0.4 is 0 Å². The lowest BCUT2D eigenvalue weighted by molar-refractivity contribution is -0.151. The van der Waals surface area contributed by atoms with Crippen LogP contribution in [0.25, 0.3) is 0 Å². The Hall–Kier alpha value is -1.97. The van der Waals surface area contributed by atoms with Crippen LogP contribution in [0.4, 0.5) is 0 Å². The second-order valence-corrected chi connectivity index (χ2v) is 7.46. The number of ketones is 3. The molecule has 0 saturated heterocycles. The average Bonchev–Trinajstić information content (AvgIpc) is 2.96. The Morgan fingerprint density at radius 2 is 1.71 bits per heavy atom. The normalized spacial score (nSPS) is 31.2. The van der Waals surface area contributed by atoms with Crippen molar-refractivity contribution in [1.82, 2.24) is 0 Å². The monoisotopic (exact) mass is 326 g/mol. The molecule has 0 aromatic rings. The van der Waals surface area contributed by atoms with Gasteiger partial charge in [-0.25, -0.2) is 0 Å². The largest absolute Gasteiger partial charge is 0.490 e. The minimum Gasteiger partial charge on any atom is -0.490 e. The molecule has 1 aliphatic heterocycles. The Bertz CT molecular complexity index is 730. The van der Waals surface area contributed by atoms with Gasteiger partial charge in [0.25, 0.3) is 0 Å². The zero-order valence-corrected chi connectivity index (χ0v) is 14.2. The first-order valence-electron chi connectivity index (χ1n) is 8.83. The molecular formula is C20H22O4. The summed E-state index contributed by atoms with van der Waals surface area (Å²) in [6.07, 6.45) is 6.72. The van der Waals surface area contributed by atoms with E-state index in [-0.39, 0.29) is 29.4 Å². The van der Waals surface area contributed by atoms with Crippen molar-refractivity contribution in [1.29, 1.82) is 0 Å². The van der Waals surface area contributed by atoms with Gasteiger partial charge in [-0.3, -0.25) is 14.4 Å². The number of hydrogen-bond acceptors (Lipinski definition) is 4. The van der Waals surface area contributed by atoms with Gasteiger partial charge < -0.3 is 4.74 Å². The summed E-state index contributed by atoms with van der Waals surface area (Å²) in [5.74, 6) is -0.0119. The zero-order chi connectivity index (χ0) is 17.1. The molecule has 24 heavy (non-hydrogen) atoms. The SMILES string of the molecule is CC(C)=C1C=C[C@@H]2OC3=C(C(=O)CCC3)C3(C(=O)CCCC3=O)[C@H]12. The van der Waals surface area contributed by atoms with Crippen LogP contribution in [-0.4, -0.2) is 23.5 Å². The van der Waals surface area contributed by atoms with Gasteiger partial charge in [0.05, 0.1) is 5.57 Å². The third kappa shape index (κ3) is 1.83. The first-order valence-corrected chi connectivity index (χ1v) is 8.83. The minimum atomic E-state index is -1.30. The van der Waals surface area contributed by atoms with Gasteiger partial charge in [-0.05, 0) is 38.3 Å². The highest BCUT2D eigenvalue weighted by Crippen LogP contribution is 2.57. The van der Waals surface area contributed by atoms with Crippen LogP contribution in [0.5, 0.6) is 0 Å². The molecule has 4 aliphatic rings. The molecule has 4 rings (SSSR count). The van der Waals surface area contributed by atoms with E-state index in [0.717, 1.165) is 17.6 Å². The topological polar surface area (TPSA) is 60.4 Å². The summed E-state index contributed by atoms with van der Waals surface area (Å²) in [7, 11) is 0. The molecule has 4 nitrogen and oxygen atoms in total. The lowest BCUT2D eigenvalue weighted by Crippen LogP contribution is -2.57. The van der Waals surface area contributed by atoms with E-state index in [1.165, 1.54) is 0 Å². The third-order valence-electron chi connectivity index (χ3n) is 5.90. The molecule has 0 amide bonds. The highest BCUT2D eigenvalue weighted by atomic mass is 16.5. The van der Waals surface area contributed by atoms with Gasteiger partial charge in [-0.2, -0.15) is 0 Å². The lowest BCUT2D eigenvalue weighted by atomic mass is 9.54. The molecule has 4 heteroatoms. The van der Waals surface area contributed by atoms with Crippen LogP contribution >= 0.6 is 0 Å². The highest BCUT2D eigenvalue weighted by Gasteiger charge is 2.64. The number of rotatable bonds is 0. The average molecular weight is 326 g/mol. The van der Waals surface area contributed by atoms with Crippen molar-refractivity contribution >= 4 is 17.3 Å². The Morgan fingerprint density at radius 3 is 2.38 bits per heavy atom. The Morgan fingerprint density at radius 1 is 1.04 bits per heavy atom. The Balaban J connectivity index is 2.02. The van der Waals surface area contributed by atoms with Gasteiger partial charge in [-0.1, -0.05) is 11.6 Å². The molecule has 126 valence electrons. The summed E-state index contributed by atoms with van der Waals surface area (Å²) < 4.78 is 6.12. The van der Waals surface area contributed by atoms with Crippen LogP contribution in [0.1, 0.15) is 52.4 Å². The Labute approximate surface area is 141 Å². The van der Waals surface area contributed by atoms with Gasteiger partial charge in [0.1, 0.15) is 17.3 Å². The van der Waals surface area contributed by atoms with Gasteiger partial charge in [0.2, 0.25) is 0 Å². The summed E-state index contributed by atoms with van der Waals surface area (Å²) in [5, 5.41) is 0. The molecule has 0 bridgehead atoms. The van der Waals surface area contributed by atoms with E-state index in [1.54, 1.807) is 0 Å². The number of carbonyl (C=O) groups is 3. The summed E-state index contributed by atoms with van der Waals surface area (Å²) in [5.41, 5.74) is 1.14. The number of Topliss-reactive ketones (excluding diaryl/α,β-unsaturated/α-hetero) is 3. The second-order valence-electron chi connectivity index (χ2n) is 7.46. The summed E-state index contributed by atoms with van der Waals surface area (Å²) in [6, 6.07) is 0. The number of hydrogen-bond donors (Lipinski definition) is 0. The number of ether oxygens (including phenoxy) is 1. The molecule has 3 aliphatic carbocycles. The highest BCUT2D eigenvalue weighted by molar-refractivity contribution is 6.20. The first-order chi connectivity index (χ1) is 11.5. The third-order valence-corrected chi connectivity index (χ3v) is 5.90. The smallest absolute Gasteiger partial charge is 0.163 e. The van der Waals surface area contributed by atoms with Crippen LogP contribution in [0, 0.1) is 11.3 Å². The molecule has 0 N–H and O–H groups in total. The van der Waals surface area contributed by atoms with Crippen molar-refractivity contribution in [3.63, 3.8) is 0 Å². The van der Waals surface area contributed by atoms with Crippen LogP contribution in [0.15, 0.2) is 34.6 Å². The predicted octanol–water partition coefficient (Wildman–Crippen LogP) is 3.22. The maximum absolute atomic E-state index is 13.2. The molecule has 0 radical (unpaired) electrons. The van der Waals surface area contributed by atoms with Crippen molar-refractivity contribution < 1.29 is 19.1 Å². The maximum atomic E-state index is 13.2. The summed E-state index contributed by atoms with van der Waals surface area (Å²) in [4.78, 5) is 39.1. The molecule has 1 spiro atoms. The van der Waals surface area contributed by atoms with Crippen LogP contribution in [0.3, 0.4) is 0 Å². The lowest BCUT2D eigenvalue weighted by Gasteiger charge is -2.48. The molecule has 0 aromatic carbocycles. The molecule has 1 fully saturated rings. The zero-order valence-electron chi connectivity index (χ0n) is 14.2. The van der Waals surface area contributed by atoms with Gasteiger partial charge in [0.15, 0.2) is 17.3 Å². The predicted molar refractivity (Wildman–Crippen MR) is 88.1 cm³/mol. The number of carbonyl (C=O) groups excluding carboxylic acids is 3. The van der Waals surface area contributed by atoms with E-state index in [4.69, 9.17) is 4.74 Å². The van der Waals surface area contributed by atoms with E-state index >= 15 is 0 Å². The molecule has 2 atom stereocenters. The van der Waals surface area contributed by atoms with Crippen molar-refractivity contribution in [2.45, 2.75) is 58.5 Å². The maximum Gasteiger partial charge on any atom is 0.163 e. The van der Waals surface area contributed by atoms with Crippen molar-refractivity contribution in [2.75, 3.05) is 0 Å². The van der Waals surface area contributed by atoms with E-state index in [2.05, 4.69) is 0 Å². The standard InChI is InChI=1S/C20H22O4/c1-11(2)12-9-10-15-18(12)20(16(22)7-4-8-17(20)23)19-13(21)5-3-6-14(19)24-15/h9-10,15,18H,3-8H2,1-2H3/t15-,18+/m0/s1. The molecular weight excluding hydrogens is 304 g/mol. The number of fused-ring (bicyclic) bond motifs is 3. The van der Waals surface area contributed by atoms with Gasteiger partial charge in [0, 0.05) is 31.6 Å². The summed E-state index contributed by atoms with van der Waals surface area (Å²) in [6.45, 7) is 3.97. The fourth-order valence-electron chi connectivity index (χ4n) is 4.93. The van der Waals surface area contributed by atoms with Crippen molar-refractivity contribution in [3.05, 3.63) is 34.6 Å². The van der Waals surface area contributed by atoms with E-state index in [9.17, 15) is 14.4 Å². The fraction of sp³-hybridized carbons (Fsp3) is 0.550. The quantitative estimate of drug-likeness (QED) is 0.641. The fourth-order valence-corrected chi connectivity index (χ4v) is 4.93. The van der Waals surface area contributed by atoms with Crippen LogP contribution in [-0.2, 0) is 19.1 Å². The summed E-state index contributed by atoms with van der Waals surface area (Å²) >= 11 is 0. The molecule has 0 unspecified atom stereocenters. The van der Waals surface area contributed by atoms with E-state index < -0.39 is 5.41 Å². The molecule has 1 saturated carbocycles. The van der Waals surface area contributed by atoms with Crippen molar-refractivity contribution in [3.8, 4) is 0 Å². The number of allylic oxidation sites excluding steroid dienone is 4. The minimum absolute atomic E-state index is 0.0710. The van der Waals surface area contributed by atoms with Crippen molar-refractivity contribution in [2.24, 2.45) is 11.3 Å². The van der Waals surface area contributed by atoms with E-state index in [0.29, 0.717) is 43.4 Å². The second kappa shape index (κ2) is 5.27. The van der Waals surface area contributed by atoms with Gasteiger partial charge >= 0.3 is 0 Å².